The number of rotatable bonds is 6. The molecule has 0 aromatic carbocycles. The van der Waals surface area contributed by atoms with Crippen LogP contribution in [0.2, 0.25) is 0 Å². The topological polar surface area (TPSA) is 84.2 Å². The third-order valence-electron chi connectivity index (χ3n) is 4.02. The number of amides is 2. The third kappa shape index (κ3) is 3.23. The van der Waals surface area contributed by atoms with Gasteiger partial charge in [-0.1, -0.05) is 25.1 Å². The second-order valence-electron chi connectivity index (χ2n) is 5.47. The summed E-state index contributed by atoms with van der Waals surface area (Å²) in [4.78, 5) is 23.9. The fourth-order valence-corrected chi connectivity index (χ4v) is 2.88. The molecule has 0 spiro atoms. The molecule has 0 atom stereocenters. The highest BCUT2D eigenvalue weighted by atomic mass is 32.1. The summed E-state index contributed by atoms with van der Waals surface area (Å²) in [6.45, 7) is 0.899. The van der Waals surface area contributed by atoms with Crippen LogP contribution < -0.4 is 16.4 Å². The van der Waals surface area contributed by atoms with Crippen LogP contribution in [0, 0.1) is 11.3 Å². The van der Waals surface area contributed by atoms with Gasteiger partial charge >= 0.3 is 0 Å². The Bertz CT molecular complexity index is 387. The standard InChI is InChI=1S/C13H21N3O2S/c14-11(19)13(5-1-2-6-13)12(18)16-8-7-15-10(17)9-3-4-9/h9H,1-8H2,(H2,14,19)(H,15,17)(H,16,18). The Balaban J connectivity index is 1.73. The lowest BCUT2D eigenvalue weighted by Gasteiger charge is -2.26. The number of thiocarbonyl (C=S) groups is 1. The van der Waals surface area contributed by atoms with Crippen molar-refractivity contribution >= 4 is 29.0 Å². The number of nitrogens with one attached hydrogen (secondary N) is 2. The molecule has 2 saturated carbocycles. The van der Waals surface area contributed by atoms with E-state index in [9.17, 15) is 9.59 Å². The van der Waals surface area contributed by atoms with Gasteiger partial charge in [-0.2, -0.15) is 0 Å². The van der Waals surface area contributed by atoms with Crippen molar-refractivity contribution in [2.75, 3.05) is 13.1 Å². The average molecular weight is 283 g/mol. The predicted molar refractivity (Wildman–Crippen MR) is 76.4 cm³/mol. The predicted octanol–water partition coefficient (Wildman–Crippen LogP) is 0.475. The Morgan fingerprint density at radius 3 is 2.26 bits per heavy atom. The van der Waals surface area contributed by atoms with Crippen LogP contribution >= 0.6 is 12.2 Å². The van der Waals surface area contributed by atoms with Crippen molar-refractivity contribution in [1.29, 1.82) is 0 Å². The molecule has 0 aromatic heterocycles. The van der Waals surface area contributed by atoms with Gasteiger partial charge in [-0.15, -0.1) is 0 Å². The lowest BCUT2D eigenvalue weighted by Crippen LogP contribution is -2.48. The van der Waals surface area contributed by atoms with Crippen LogP contribution in [-0.4, -0.2) is 29.9 Å². The maximum atomic E-state index is 12.2. The monoisotopic (exact) mass is 283 g/mol. The molecule has 2 fully saturated rings. The van der Waals surface area contributed by atoms with Gasteiger partial charge in [0, 0.05) is 19.0 Å². The number of hydrogen-bond donors (Lipinski definition) is 3. The molecule has 0 radical (unpaired) electrons. The Labute approximate surface area is 118 Å². The molecule has 0 aliphatic heterocycles. The highest BCUT2D eigenvalue weighted by Crippen LogP contribution is 2.38. The van der Waals surface area contributed by atoms with E-state index in [1.54, 1.807) is 0 Å². The van der Waals surface area contributed by atoms with Gasteiger partial charge in [0.1, 0.15) is 0 Å². The van der Waals surface area contributed by atoms with Crippen molar-refractivity contribution in [3.05, 3.63) is 0 Å². The summed E-state index contributed by atoms with van der Waals surface area (Å²) in [7, 11) is 0. The summed E-state index contributed by atoms with van der Waals surface area (Å²) in [5, 5.41) is 5.65. The van der Waals surface area contributed by atoms with Crippen molar-refractivity contribution in [2.45, 2.75) is 38.5 Å². The molecule has 0 unspecified atom stereocenters. The minimum Gasteiger partial charge on any atom is -0.392 e. The van der Waals surface area contributed by atoms with Crippen molar-refractivity contribution in [3.8, 4) is 0 Å². The largest absolute Gasteiger partial charge is 0.392 e. The number of nitrogens with two attached hydrogens (primary N) is 1. The summed E-state index contributed by atoms with van der Waals surface area (Å²) in [5.74, 6) is 0.214. The minimum absolute atomic E-state index is 0.0850. The first-order valence-corrected chi connectivity index (χ1v) is 7.33. The number of carbonyl (C=O) groups excluding carboxylic acids is 2. The van der Waals surface area contributed by atoms with Gasteiger partial charge in [0.05, 0.1) is 10.4 Å². The first-order chi connectivity index (χ1) is 9.06. The SMILES string of the molecule is NC(=S)C1(C(=O)NCCNC(=O)C2CC2)CCCC1. The fraction of sp³-hybridized carbons (Fsp3) is 0.769. The van der Waals surface area contributed by atoms with E-state index in [-0.39, 0.29) is 17.7 Å². The van der Waals surface area contributed by atoms with Crippen LogP contribution in [-0.2, 0) is 9.59 Å². The van der Waals surface area contributed by atoms with Gasteiger partial charge in [-0.05, 0) is 25.7 Å². The van der Waals surface area contributed by atoms with Crippen LogP contribution in [0.3, 0.4) is 0 Å². The Morgan fingerprint density at radius 2 is 1.74 bits per heavy atom. The van der Waals surface area contributed by atoms with E-state index in [1.807, 2.05) is 0 Å². The van der Waals surface area contributed by atoms with Crippen LogP contribution in [0.25, 0.3) is 0 Å². The van der Waals surface area contributed by atoms with Crippen LogP contribution in [0.15, 0.2) is 0 Å². The zero-order valence-corrected chi connectivity index (χ0v) is 11.9. The van der Waals surface area contributed by atoms with Gasteiger partial charge < -0.3 is 16.4 Å². The van der Waals surface area contributed by atoms with E-state index < -0.39 is 5.41 Å². The van der Waals surface area contributed by atoms with Crippen molar-refractivity contribution in [3.63, 3.8) is 0 Å². The molecule has 5 nitrogen and oxygen atoms in total. The molecule has 2 aliphatic rings. The Morgan fingerprint density at radius 1 is 1.16 bits per heavy atom. The summed E-state index contributed by atoms with van der Waals surface area (Å²) >= 11 is 5.05. The zero-order valence-electron chi connectivity index (χ0n) is 11.0. The molecule has 0 aromatic rings. The van der Waals surface area contributed by atoms with E-state index in [0.717, 1.165) is 38.5 Å². The molecule has 6 heteroatoms. The van der Waals surface area contributed by atoms with Crippen LogP contribution in [0.5, 0.6) is 0 Å². The maximum absolute atomic E-state index is 12.2. The van der Waals surface area contributed by atoms with Gasteiger partial charge in [0.2, 0.25) is 11.8 Å². The Hall–Kier alpha value is -1.17. The van der Waals surface area contributed by atoms with Gasteiger partial charge in [0.25, 0.3) is 0 Å². The summed E-state index contributed by atoms with van der Waals surface area (Å²) < 4.78 is 0. The maximum Gasteiger partial charge on any atom is 0.233 e. The number of hydrogen-bond acceptors (Lipinski definition) is 3. The van der Waals surface area contributed by atoms with Crippen molar-refractivity contribution < 1.29 is 9.59 Å². The van der Waals surface area contributed by atoms with Crippen LogP contribution in [0.4, 0.5) is 0 Å². The molecule has 106 valence electrons. The van der Waals surface area contributed by atoms with E-state index in [2.05, 4.69) is 10.6 Å². The quantitative estimate of drug-likeness (QED) is 0.489. The highest BCUT2D eigenvalue weighted by Gasteiger charge is 2.43. The lowest BCUT2D eigenvalue weighted by molar-refractivity contribution is -0.127. The first kappa shape index (κ1) is 14.2. The minimum atomic E-state index is -0.657. The molecule has 0 bridgehead atoms. The average Bonchev–Trinajstić information content (AvgIpc) is 3.11. The second-order valence-corrected chi connectivity index (χ2v) is 5.91. The van der Waals surface area contributed by atoms with Gasteiger partial charge in [0.15, 0.2) is 0 Å². The van der Waals surface area contributed by atoms with Gasteiger partial charge in [-0.3, -0.25) is 9.59 Å². The molecule has 2 aliphatic carbocycles. The smallest absolute Gasteiger partial charge is 0.233 e. The molecular formula is C13H21N3O2S. The number of carbonyl (C=O) groups is 2. The fourth-order valence-electron chi connectivity index (χ4n) is 2.58. The third-order valence-corrected chi connectivity index (χ3v) is 4.41. The highest BCUT2D eigenvalue weighted by molar-refractivity contribution is 7.80. The zero-order chi connectivity index (χ0) is 13.9. The van der Waals surface area contributed by atoms with E-state index in [1.165, 1.54) is 0 Å². The first-order valence-electron chi connectivity index (χ1n) is 6.92. The second kappa shape index (κ2) is 5.86. The van der Waals surface area contributed by atoms with E-state index >= 15 is 0 Å². The van der Waals surface area contributed by atoms with Crippen LogP contribution in [0.1, 0.15) is 38.5 Å². The molecule has 2 amide bonds. The van der Waals surface area contributed by atoms with Gasteiger partial charge in [-0.25, -0.2) is 0 Å². The summed E-state index contributed by atoms with van der Waals surface area (Å²) in [5.41, 5.74) is 5.08. The lowest BCUT2D eigenvalue weighted by atomic mass is 9.85. The molecule has 0 saturated heterocycles. The molecule has 19 heavy (non-hydrogen) atoms. The molecular weight excluding hydrogens is 262 g/mol. The summed E-state index contributed by atoms with van der Waals surface area (Å²) in [6, 6.07) is 0. The summed E-state index contributed by atoms with van der Waals surface area (Å²) in [6.07, 6.45) is 5.43. The normalized spacial score (nSPS) is 20.8. The Kier molecular flexibility index (Phi) is 4.39. The van der Waals surface area contributed by atoms with Crippen molar-refractivity contribution in [1.82, 2.24) is 10.6 Å². The molecule has 0 heterocycles. The van der Waals surface area contributed by atoms with Crippen molar-refractivity contribution in [2.24, 2.45) is 17.1 Å². The van der Waals surface area contributed by atoms with E-state index in [4.69, 9.17) is 18.0 Å². The molecule has 4 N–H and O–H groups in total. The van der Waals surface area contributed by atoms with E-state index in [0.29, 0.717) is 18.1 Å². The molecule has 2 rings (SSSR count).